The standard InChI is InChI=1S/C13H15ClN2O/c1-17-10-3-2-9(14)11-8(6-16-12(10)11)13(7-15)4-5-13/h2-3,6,16H,4-5,7,15H2,1H3. The third-order valence-electron chi connectivity index (χ3n) is 3.78. The third kappa shape index (κ3) is 1.46. The second kappa shape index (κ2) is 3.65. The molecule has 0 aliphatic heterocycles. The Hall–Kier alpha value is -1.19. The van der Waals surface area contributed by atoms with Crippen LogP contribution in [0.25, 0.3) is 10.9 Å². The summed E-state index contributed by atoms with van der Waals surface area (Å²) in [5, 5.41) is 1.82. The molecule has 0 atom stereocenters. The van der Waals surface area contributed by atoms with Gasteiger partial charge in [-0.3, -0.25) is 0 Å². The van der Waals surface area contributed by atoms with E-state index < -0.39 is 0 Å². The number of nitrogens with two attached hydrogens (primary N) is 1. The molecule has 1 saturated carbocycles. The molecule has 1 aromatic carbocycles. The number of hydrogen-bond donors (Lipinski definition) is 2. The topological polar surface area (TPSA) is 51.0 Å². The fraction of sp³-hybridized carbons (Fsp3) is 0.385. The molecule has 0 unspecified atom stereocenters. The summed E-state index contributed by atoms with van der Waals surface area (Å²) in [6.07, 6.45) is 4.31. The summed E-state index contributed by atoms with van der Waals surface area (Å²) in [5.41, 5.74) is 8.22. The number of halogens is 1. The van der Waals surface area contributed by atoms with E-state index in [9.17, 15) is 0 Å². The summed E-state index contributed by atoms with van der Waals surface area (Å²) in [5.74, 6) is 0.823. The first-order valence-electron chi connectivity index (χ1n) is 5.76. The number of benzene rings is 1. The predicted octanol–water partition coefficient (Wildman–Crippen LogP) is 2.82. The van der Waals surface area contributed by atoms with E-state index in [4.69, 9.17) is 22.1 Å². The quantitative estimate of drug-likeness (QED) is 0.880. The van der Waals surface area contributed by atoms with E-state index in [2.05, 4.69) is 4.98 Å². The summed E-state index contributed by atoms with van der Waals surface area (Å²) in [7, 11) is 1.67. The molecule has 17 heavy (non-hydrogen) atoms. The van der Waals surface area contributed by atoms with E-state index in [0.29, 0.717) is 6.54 Å². The number of nitrogens with one attached hydrogen (secondary N) is 1. The van der Waals surface area contributed by atoms with Crippen LogP contribution >= 0.6 is 11.6 Å². The largest absolute Gasteiger partial charge is 0.495 e. The second-order valence-corrected chi connectivity index (χ2v) is 5.09. The first kappa shape index (κ1) is 10.9. The van der Waals surface area contributed by atoms with Crippen molar-refractivity contribution in [3.63, 3.8) is 0 Å². The van der Waals surface area contributed by atoms with Gasteiger partial charge >= 0.3 is 0 Å². The van der Waals surface area contributed by atoms with Crippen LogP contribution in [0.1, 0.15) is 18.4 Å². The Kier molecular flexibility index (Phi) is 2.35. The van der Waals surface area contributed by atoms with E-state index >= 15 is 0 Å². The Morgan fingerprint density at radius 1 is 1.47 bits per heavy atom. The second-order valence-electron chi connectivity index (χ2n) is 4.69. The van der Waals surface area contributed by atoms with E-state index in [1.807, 2.05) is 18.3 Å². The van der Waals surface area contributed by atoms with Crippen molar-refractivity contribution >= 4 is 22.5 Å². The van der Waals surface area contributed by atoms with Crippen LogP contribution in [0.2, 0.25) is 5.02 Å². The Balaban J connectivity index is 2.28. The maximum Gasteiger partial charge on any atom is 0.143 e. The summed E-state index contributed by atoms with van der Waals surface area (Å²) in [4.78, 5) is 3.26. The minimum absolute atomic E-state index is 0.133. The number of aromatic nitrogens is 1. The highest BCUT2D eigenvalue weighted by Crippen LogP contribution is 2.51. The predicted molar refractivity (Wildman–Crippen MR) is 69.8 cm³/mol. The molecule has 1 aromatic heterocycles. The van der Waals surface area contributed by atoms with E-state index in [1.165, 1.54) is 5.56 Å². The van der Waals surface area contributed by atoms with E-state index in [-0.39, 0.29) is 5.41 Å². The molecule has 3 rings (SSSR count). The van der Waals surface area contributed by atoms with Crippen LogP contribution in [0.15, 0.2) is 18.3 Å². The van der Waals surface area contributed by atoms with Crippen LogP contribution in [0.5, 0.6) is 5.75 Å². The number of aromatic amines is 1. The summed E-state index contributed by atoms with van der Waals surface area (Å²) >= 11 is 6.31. The molecule has 3 nitrogen and oxygen atoms in total. The lowest BCUT2D eigenvalue weighted by Gasteiger charge is -2.12. The first-order valence-corrected chi connectivity index (χ1v) is 6.14. The minimum Gasteiger partial charge on any atom is -0.495 e. The molecule has 4 heteroatoms. The lowest BCUT2D eigenvalue weighted by atomic mass is 9.95. The molecule has 0 radical (unpaired) electrons. The first-order chi connectivity index (χ1) is 8.22. The average molecular weight is 251 g/mol. The number of H-pyrrole nitrogens is 1. The van der Waals surface area contributed by atoms with Crippen LogP contribution in [0.3, 0.4) is 0 Å². The summed E-state index contributed by atoms with van der Waals surface area (Å²) < 4.78 is 5.34. The van der Waals surface area contributed by atoms with Gasteiger partial charge in [0.2, 0.25) is 0 Å². The van der Waals surface area contributed by atoms with Gasteiger partial charge in [0.1, 0.15) is 5.75 Å². The van der Waals surface area contributed by atoms with Gasteiger partial charge in [0.15, 0.2) is 0 Å². The molecule has 0 saturated heterocycles. The molecule has 0 spiro atoms. The van der Waals surface area contributed by atoms with Gasteiger partial charge in [0.05, 0.1) is 17.6 Å². The molecule has 0 amide bonds. The van der Waals surface area contributed by atoms with Crippen molar-refractivity contribution in [2.45, 2.75) is 18.3 Å². The Morgan fingerprint density at radius 3 is 2.82 bits per heavy atom. The zero-order chi connectivity index (χ0) is 12.0. The normalized spacial score (nSPS) is 17.4. The van der Waals surface area contributed by atoms with Gasteiger partial charge in [-0.25, -0.2) is 0 Å². The number of methoxy groups -OCH3 is 1. The number of ether oxygens (including phenoxy) is 1. The van der Waals surface area contributed by atoms with Gasteiger partial charge in [-0.05, 0) is 30.5 Å². The molecular formula is C13H15ClN2O. The molecule has 1 aliphatic rings. The monoisotopic (exact) mass is 250 g/mol. The fourth-order valence-electron chi connectivity index (χ4n) is 2.50. The molecular weight excluding hydrogens is 236 g/mol. The molecule has 90 valence electrons. The number of rotatable bonds is 3. The van der Waals surface area contributed by atoms with Gasteiger partial charge in [0, 0.05) is 23.5 Å². The summed E-state index contributed by atoms with van der Waals surface area (Å²) in [6.45, 7) is 0.674. The van der Waals surface area contributed by atoms with E-state index in [0.717, 1.165) is 34.5 Å². The van der Waals surface area contributed by atoms with Gasteiger partial charge in [-0.2, -0.15) is 0 Å². The maximum atomic E-state index is 6.31. The van der Waals surface area contributed by atoms with E-state index in [1.54, 1.807) is 7.11 Å². The van der Waals surface area contributed by atoms with Crippen molar-refractivity contribution in [3.8, 4) is 5.75 Å². The van der Waals surface area contributed by atoms with Crippen LogP contribution < -0.4 is 10.5 Å². The number of hydrogen-bond acceptors (Lipinski definition) is 2. The highest BCUT2D eigenvalue weighted by Gasteiger charge is 2.44. The van der Waals surface area contributed by atoms with Gasteiger partial charge in [-0.1, -0.05) is 11.6 Å². The average Bonchev–Trinajstić information content (AvgIpc) is 3.02. The lowest BCUT2D eigenvalue weighted by Crippen LogP contribution is -2.19. The fourth-order valence-corrected chi connectivity index (χ4v) is 2.76. The molecule has 1 aliphatic carbocycles. The Labute approximate surface area is 105 Å². The molecule has 2 aromatic rings. The Bertz CT molecular complexity index is 572. The van der Waals surface area contributed by atoms with Crippen LogP contribution in [0.4, 0.5) is 0 Å². The van der Waals surface area contributed by atoms with Crippen molar-refractivity contribution in [2.24, 2.45) is 5.73 Å². The van der Waals surface area contributed by atoms with Crippen LogP contribution in [-0.4, -0.2) is 18.6 Å². The molecule has 0 bridgehead atoms. The van der Waals surface area contributed by atoms with Crippen molar-refractivity contribution in [2.75, 3.05) is 13.7 Å². The van der Waals surface area contributed by atoms with Gasteiger partial charge < -0.3 is 15.5 Å². The highest BCUT2D eigenvalue weighted by atomic mass is 35.5. The summed E-state index contributed by atoms with van der Waals surface area (Å²) in [6, 6.07) is 3.76. The maximum absolute atomic E-state index is 6.31. The lowest BCUT2D eigenvalue weighted by molar-refractivity contribution is 0.419. The van der Waals surface area contributed by atoms with Crippen molar-refractivity contribution < 1.29 is 4.74 Å². The van der Waals surface area contributed by atoms with Gasteiger partial charge in [0.25, 0.3) is 0 Å². The number of fused-ring (bicyclic) bond motifs is 1. The molecule has 1 heterocycles. The molecule has 3 N–H and O–H groups in total. The van der Waals surface area contributed by atoms with Crippen molar-refractivity contribution in [3.05, 3.63) is 28.9 Å². The zero-order valence-corrected chi connectivity index (χ0v) is 10.5. The minimum atomic E-state index is 0.133. The zero-order valence-electron chi connectivity index (χ0n) is 9.72. The van der Waals surface area contributed by atoms with Crippen molar-refractivity contribution in [1.82, 2.24) is 4.98 Å². The van der Waals surface area contributed by atoms with Crippen molar-refractivity contribution in [1.29, 1.82) is 0 Å². The Morgan fingerprint density at radius 2 is 2.24 bits per heavy atom. The van der Waals surface area contributed by atoms with Crippen LogP contribution in [0, 0.1) is 0 Å². The van der Waals surface area contributed by atoms with Crippen LogP contribution in [-0.2, 0) is 5.41 Å². The highest BCUT2D eigenvalue weighted by molar-refractivity contribution is 6.36. The van der Waals surface area contributed by atoms with Gasteiger partial charge in [-0.15, -0.1) is 0 Å². The third-order valence-corrected chi connectivity index (χ3v) is 4.10. The smallest absolute Gasteiger partial charge is 0.143 e. The molecule has 1 fully saturated rings. The SMILES string of the molecule is COc1ccc(Cl)c2c(C3(CN)CC3)c[nH]c12.